The van der Waals surface area contributed by atoms with Crippen LogP contribution in [0.2, 0.25) is 0 Å². The Morgan fingerprint density at radius 1 is 1.07 bits per heavy atom. The smallest absolute Gasteiger partial charge is 0.311 e. The molecule has 236 valence electrons. The van der Waals surface area contributed by atoms with Crippen molar-refractivity contribution < 1.29 is 39.4 Å². The van der Waals surface area contributed by atoms with Gasteiger partial charge in [0.2, 0.25) is 0 Å². The zero-order valence-corrected chi connectivity index (χ0v) is 26.7. The van der Waals surface area contributed by atoms with Crippen LogP contribution in [0, 0.1) is 17.8 Å². The van der Waals surface area contributed by atoms with Crippen LogP contribution < -0.4 is 0 Å². The third kappa shape index (κ3) is 8.37. The molecule has 2 rings (SSSR count). The van der Waals surface area contributed by atoms with Crippen LogP contribution in [0.15, 0.2) is 0 Å². The number of hydrogen-bond acceptors (Lipinski definition) is 10. The maximum Gasteiger partial charge on any atom is 0.311 e. The monoisotopic (exact) mass is 574 g/mol. The summed E-state index contributed by atoms with van der Waals surface area (Å²) in [5.74, 6) is -2.34. The molecule has 2 aliphatic rings. The van der Waals surface area contributed by atoms with Crippen LogP contribution in [0.4, 0.5) is 0 Å². The molecule has 40 heavy (non-hydrogen) atoms. The minimum absolute atomic E-state index is 0.0295. The molecule has 2 fully saturated rings. The zero-order valence-electron chi connectivity index (χ0n) is 26.7. The van der Waals surface area contributed by atoms with E-state index in [1.54, 1.807) is 27.7 Å². The van der Waals surface area contributed by atoms with Crippen molar-refractivity contribution in [3.8, 4) is 0 Å². The molecule has 0 unspecified atom stereocenters. The Balaban J connectivity index is 2.48. The summed E-state index contributed by atoms with van der Waals surface area (Å²) in [6.45, 7) is 14.7. The highest BCUT2D eigenvalue weighted by atomic mass is 16.7. The maximum absolute atomic E-state index is 13.3. The predicted molar refractivity (Wildman–Crippen MR) is 154 cm³/mol. The summed E-state index contributed by atoms with van der Waals surface area (Å²) in [7, 11) is 5.91. The predicted octanol–water partition coefficient (Wildman–Crippen LogP) is 2.00. The number of rotatable bonds is 4. The number of nitrogens with zero attached hydrogens (tertiary/aromatic N) is 2. The molecule has 2 heterocycles. The molecule has 10 nitrogen and oxygen atoms in total. The van der Waals surface area contributed by atoms with Gasteiger partial charge in [0.05, 0.1) is 29.8 Å². The van der Waals surface area contributed by atoms with Crippen molar-refractivity contribution in [2.24, 2.45) is 17.8 Å². The molecule has 10 heteroatoms. The number of carbonyl (C=O) groups excluding carboxylic acids is 1. The molecular formula is C30H58N2O8. The fourth-order valence-electron chi connectivity index (χ4n) is 6.68. The van der Waals surface area contributed by atoms with Gasteiger partial charge < -0.3 is 44.4 Å². The number of hydrogen-bond donors (Lipinski definition) is 4. The van der Waals surface area contributed by atoms with Crippen LogP contribution in [-0.2, 0) is 19.0 Å². The number of esters is 1. The first-order chi connectivity index (χ1) is 18.3. The molecule has 2 aliphatic heterocycles. The largest absolute Gasteiger partial charge is 0.459 e. The molecule has 0 spiro atoms. The number of likely N-dealkylation sites (N-methyl/N-ethyl adjacent to an activating group) is 1. The van der Waals surface area contributed by atoms with Crippen molar-refractivity contribution in [2.75, 3.05) is 27.7 Å². The molecule has 0 aromatic heterocycles. The average Bonchev–Trinajstić information content (AvgIpc) is 2.86. The van der Waals surface area contributed by atoms with Gasteiger partial charge in [0.25, 0.3) is 0 Å². The second-order valence-corrected chi connectivity index (χ2v) is 13.5. The van der Waals surface area contributed by atoms with Crippen LogP contribution in [0.5, 0.6) is 0 Å². The maximum atomic E-state index is 13.3. The topological polar surface area (TPSA) is 132 Å². The zero-order chi connectivity index (χ0) is 30.7. The summed E-state index contributed by atoms with van der Waals surface area (Å²) in [4.78, 5) is 17.4. The van der Waals surface area contributed by atoms with E-state index in [1.165, 1.54) is 6.92 Å². The van der Waals surface area contributed by atoms with E-state index in [4.69, 9.17) is 14.2 Å². The molecule has 0 radical (unpaired) electrons. The number of carbonyl (C=O) groups is 1. The van der Waals surface area contributed by atoms with Crippen LogP contribution in [-0.4, -0.2) is 124 Å². The summed E-state index contributed by atoms with van der Waals surface area (Å²) in [5, 5.41) is 45.9. The van der Waals surface area contributed by atoms with E-state index >= 15 is 0 Å². The van der Waals surface area contributed by atoms with Crippen molar-refractivity contribution in [2.45, 2.75) is 141 Å². The van der Waals surface area contributed by atoms with Gasteiger partial charge in [-0.05, 0) is 80.9 Å². The average molecular weight is 575 g/mol. The second-order valence-electron chi connectivity index (χ2n) is 13.5. The van der Waals surface area contributed by atoms with Crippen LogP contribution in [0.3, 0.4) is 0 Å². The minimum Gasteiger partial charge on any atom is -0.459 e. The molecule has 0 aromatic carbocycles. The first-order valence-electron chi connectivity index (χ1n) is 15.0. The van der Waals surface area contributed by atoms with Gasteiger partial charge >= 0.3 is 5.97 Å². The van der Waals surface area contributed by atoms with E-state index < -0.39 is 65.8 Å². The summed E-state index contributed by atoms with van der Waals surface area (Å²) in [6, 6.07) is -0.219. The fourth-order valence-corrected chi connectivity index (χ4v) is 6.68. The Bertz CT molecular complexity index is 809. The lowest BCUT2D eigenvalue weighted by molar-refractivity contribution is -0.267. The Morgan fingerprint density at radius 2 is 1.68 bits per heavy atom. The highest BCUT2D eigenvalue weighted by Gasteiger charge is 2.48. The van der Waals surface area contributed by atoms with Crippen molar-refractivity contribution in [3.05, 3.63) is 0 Å². The molecule has 0 aliphatic carbocycles. The summed E-state index contributed by atoms with van der Waals surface area (Å²) >= 11 is 0. The number of cyclic esters (lactones) is 1. The van der Waals surface area contributed by atoms with E-state index in [0.717, 1.165) is 6.42 Å². The first-order valence-corrected chi connectivity index (χ1v) is 15.0. The molecule has 2 saturated heterocycles. The molecular weight excluding hydrogens is 516 g/mol. The first kappa shape index (κ1) is 35.3. The Hall–Kier alpha value is -0.850. The van der Waals surface area contributed by atoms with Crippen LogP contribution >= 0.6 is 0 Å². The van der Waals surface area contributed by atoms with Gasteiger partial charge in [-0.1, -0.05) is 20.8 Å². The van der Waals surface area contributed by atoms with E-state index in [-0.39, 0.29) is 24.5 Å². The van der Waals surface area contributed by atoms with Crippen molar-refractivity contribution >= 4 is 5.97 Å². The lowest BCUT2D eigenvalue weighted by atomic mass is 9.78. The van der Waals surface area contributed by atoms with E-state index in [2.05, 4.69) is 4.90 Å². The molecule has 4 N–H and O–H groups in total. The quantitative estimate of drug-likeness (QED) is 0.370. The fraction of sp³-hybridized carbons (Fsp3) is 0.967. The van der Waals surface area contributed by atoms with Gasteiger partial charge in [0, 0.05) is 31.0 Å². The Morgan fingerprint density at radius 3 is 2.23 bits per heavy atom. The SMILES string of the molecule is CC[C@H]1OC(=O)[C@H](C)[C@@H](O)[C@H](C)[C@@H](O[C@H]2C[C@H](N(C)C)C[C@@H](C)O2)[C@](C)(O)C[C@@H](C)CN(C)[C@H](C)[C@@H](O)[C@]1(C)O. The van der Waals surface area contributed by atoms with Gasteiger partial charge in [-0.15, -0.1) is 0 Å². The number of ether oxygens (including phenoxy) is 3. The number of aliphatic hydroxyl groups is 4. The van der Waals surface area contributed by atoms with Crippen LogP contribution in [0.1, 0.15) is 81.1 Å². The van der Waals surface area contributed by atoms with Gasteiger partial charge in [-0.3, -0.25) is 4.79 Å². The third-order valence-electron chi connectivity index (χ3n) is 9.39. The standard InChI is InChI=1S/C30H58N2O8/c1-12-23-30(8,37)26(34)21(6)32(11)16-17(2)15-29(7,36)27(19(4)25(33)20(5)28(35)39-23)40-24-14-22(31(9)10)13-18(3)38-24/h17-27,33-34,36-37H,12-16H2,1-11H3/t17-,18-,19+,20-,21-,22-,23-,24+,25+,26-,27-,29-,30-/m1/s1. The summed E-state index contributed by atoms with van der Waals surface area (Å²) in [5.41, 5.74) is -3.09. The van der Waals surface area contributed by atoms with Gasteiger partial charge in [0.1, 0.15) is 17.8 Å². The molecule has 0 amide bonds. The van der Waals surface area contributed by atoms with E-state index in [1.807, 2.05) is 46.8 Å². The normalized spacial score (nSPS) is 47.4. The van der Waals surface area contributed by atoms with E-state index in [0.29, 0.717) is 19.4 Å². The summed E-state index contributed by atoms with van der Waals surface area (Å²) < 4.78 is 18.4. The molecule has 13 atom stereocenters. The molecule has 0 aromatic rings. The lowest BCUT2D eigenvalue weighted by Crippen LogP contribution is -2.59. The molecule has 0 saturated carbocycles. The third-order valence-corrected chi connectivity index (χ3v) is 9.39. The van der Waals surface area contributed by atoms with Crippen molar-refractivity contribution in [1.29, 1.82) is 0 Å². The molecule has 0 bridgehead atoms. The van der Waals surface area contributed by atoms with Gasteiger partial charge in [-0.25, -0.2) is 0 Å². The van der Waals surface area contributed by atoms with E-state index in [9.17, 15) is 25.2 Å². The van der Waals surface area contributed by atoms with Crippen molar-refractivity contribution in [1.82, 2.24) is 9.80 Å². The Kier molecular flexibility index (Phi) is 12.4. The summed E-state index contributed by atoms with van der Waals surface area (Å²) in [6.07, 6.45) is -2.75. The second kappa shape index (κ2) is 14.1. The lowest BCUT2D eigenvalue weighted by Gasteiger charge is -2.45. The van der Waals surface area contributed by atoms with Gasteiger partial charge in [0.15, 0.2) is 6.29 Å². The van der Waals surface area contributed by atoms with Crippen molar-refractivity contribution in [3.63, 3.8) is 0 Å². The Labute approximate surface area is 242 Å². The van der Waals surface area contributed by atoms with Crippen LogP contribution in [0.25, 0.3) is 0 Å². The highest BCUT2D eigenvalue weighted by molar-refractivity contribution is 5.73. The highest BCUT2D eigenvalue weighted by Crippen LogP contribution is 2.36. The number of aliphatic hydroxyl groups excluding tert-OH is 2. The minimum atomic E-state index is -1.72. The van der Waals surface area contributed by atoms with Gasteiger partial charge in [-0.2, -0.15) is 0 Å².